The monoisotopic (exact) mass is 301 g/mol. The molecule has 4 nitrogen and oxygen atoms in total. The number of oxazole rings is 1. The first-order valence-corrected chi connectivity index (χ1v) is 7.24. The summed E-state index contributed by atoms with van der Waals surface area (Å²) in [6, 6.07) is 9.72. The third-order valence-corrected chi connectivity index (χ3v) is 3.80. The molecule has 0 amide bonds. The maximum absolute atomic E-state index is 12.9. The third kappa shape index (κ3) is 3.41. The van der Waals surface area contributed by atoms with Crippen LogP contribution in [0, 0.1) is 5.82 Å². The molecular weight excluding hydrogens is 289 g/mol. The molecule has 0 aliphatic heterocycles. The van der Waals surface area contributed by atoms with Crippen molar-refractivity contribution in [3.05, 3.63) is 60.4 Å². The van der Waals surface area contributed by atoms with Crippen LogP contribution in [0.4, 0.5) is 10.2 Å². The predicted octanol–water partition coefficient (Wildman–Crippen LogP) is 3.75. The average molecular weight is 301 g/mol. The minimum atomic E-state index is -0.281. The lowest BCUT2D eigenvalue weighted by Crippen LogP contribution is -1.88. The second-order valence-electron chi connectivity index (χ2n) is 4.36. The van der Waals surface area contributed by atoms with Crippen molar-refractivity contribution in [3.8, 4) is 11.5 Å². The molecule has 1 aromatic carbocycles. The highest BCUT2D eigenvalue weighted by Crippen LogP contribution is 2.24. The third-order valence-electron chi connectivity index (χ3n) is 2.79. The van der Waals surface area contributed by atoms with Gasteiger partial charge in [0.15, 0.2) is 0 Å². The summed E-state index contributed by atoms with van der Waals surface area (Å²) in [5, 5.41) is 0. The van der Waals surface area contributed by atoms with E-state index >= 15 is 0 Å². The molecule has 2 heterocycles. The summed E-state index contributed by atoms with van der Waals surface area (Å²) >= 11 is 1.59. The lowest BCUT2D eigenvalue weighted by Gasteiger charge is -1.98. The molecule has 0 unspecified atom stereocenters. The largest absolute Gasteiger partial charge is 0.444 e. The number of anilines is 1. The van der Waals surface area contributed by atoms with Crippen LogP contribution in [0.2, 0.25) is 0 Å². The Morgan fingerprint density at radius 3 is 2.67 bits per heavy atom. The number of thioether (sulfide) groups is 1. The number of nitrogens with two attached hydrogens (primary N) is 1. The van der Waals surface area contributed by atoms with Gasteiger partial charge in [-0.25, -0.2) is 14.4 Å². The van der Waals surface area contributed by atoms with Crippen molar-refractivity contribution in [2.45, 2.75) is 10.6 Å². The van der Waals surface area contributed by atoms with Gasteiger partial charge in [0, 0.05) is 22.4 Å². The van der Waals surface area contributed by atoms with Crippen molar-refractivity contribution in [1.82, 2.24) is 9.97 Å². The van der Waals surface area contributed by atoms with Gasteiger partial charge in [0.25, 0.3) is 0 Å². The summed E-state index contributed by atoms with van der Waals surface area (Å²) < 4.78 is 18.3. The summed E-state index contributed by atoms with van der Waals surface area (Å²) in [6.07, 6.45) is 3.33. The number of hydrogen-bond acceptors (Lipinski definition) is 5. The SMILES string of the molecule is Nc1ccc(SCc2coc(-c3ccc(F)cc3)n2)cn1. The van der Waals surface area contributed by atoms with Crippen LogP contribution in [-0.2, 0) is 5.75 Å². The second kappa shape index (κ2) is 5.97. The van der Waals surface area contributed by atoms with Crippen molar-refractivity contribution < 1.29 is 8.81 Å². The highest BCUT2D eigenvalue weighted by Gasteiger charge is 2.07. The molecule has 0 aliphatic carbocycles. The molecule has 2 aromatic heterocycles. The highest BCUT2D eigenvalue weighted by molar-refractivity contribution is 7.98. The van der Waals surface area contributed by atoms with Gasteiger partial charge in [-0.15, -0.1) is 11.8 Å². The Bertz CT molecular complexity index is 725. The Morgan fingerprint density at radius 2 is 1.95 bits per heavy atom. The van der Waals surface area contributed by atoms with Crippen LogP contribution in [0.1, 0.15) is 5.69 Å². The molecule has 0 saturated carbocycles. The number of halogens is 1. The van der Waals surface area contributed by atoms with E-state index in [0.29, 0.717) is 17.5 Å². The number of benzene rings is 1. The molecule has 0 bridgehead atoms. The number of rotatable bonds is 4. The molecule has 0 aliphatic rings. The number of pyridine rings is 1. The van der Waals surface area contributed by atoms with Gasteiger partial charge in [-0.2, -0.15) is 0 Å². The van der Waals surface area contributed by atoms with Gasteiger partial charge in [-0.3, -0.25) is 0 Å². The van der Waals surface area contributed by atoms with E-state index in [-0.39, 0.29) is 5.82 Å². The summed E-state index contributed by atoms with van der Waals surface area (Å²) in [5.41, 5.74) is 7.11. The van der Waals surface area contributed by atoms with Crippen LogP contribution < -0.4 is 5.73 Å². The van der Waals surface area contributed by atoms with Crippen LogP contribution in [0.25, 0.3) is 11.5 Å². The van der Waals surface area contributed by atoms with Gasteiger partial charge in [0.05, 0.1) is 5.69 Å². The predicted molar refractivity (Wildman–Crippen MR) is 80.1 cm³/mol. The molecule has 6 heteroatoms. The molecule has 0 radical (unpaired) electrons. The molecule has 0 saturated heterocycles. The fraction of sp³-hybridized carbons (Fsp3) is 0.0667. The Kier molecular flexibility index (Phi) is 3.87. The van der Waals surface area contributed by atoms with Gasteiger partial charge in [0.2, 0.25) is 5.89 Å². The topological polar surface area (TPSA) is 64.9 Å². The van der Waals surface area contributed by atoms with Gasteiger partial charge in [-0.1, -0.05) is 0 Å². The molecule has 3 rings (SSSR count). The number of aromatic nitrogens is 2. The summed E-state index contributed by atoms with van der Waals surface area (Å²) in [5.74, 6) is 1.37. The Labute approximate surface area is 125 Å². The van der Waals surface area contributed by atoms with Crippen molar-refractivity contribution in [2.24, 2.45) is 0 Å². The van der Waals surface area contributed by atoms with Crippen molar-refractivity contribution in [1.29, 1.82) is 0 Å². The molecule has 2 N–H and O–H groups in total. The lowest BCUT2D eigenvalue weighted by molar-refractivity contribution is 0.573. The fourth-order valence-corrected chi connectivity index (χ4v) is 2.47. The van der Waals surface area contributed by atoms with Crippen LogP contribution >= 0.6 is 11.8 Å². The fourth-order valence-electron chi connectivity index (χ4n) is 1.73. The number of hydrogen-bond donors (Lipinski definition) is 1. The Balaban J connectivity index is 1.67. The van der Waals surface area contributed by atoms with Gasteiger partial charge < -0.3 is 10.2 Å². The van der Waals surface area contributed by atoms with E-state index < -0.39 is 0 Å². The van der Waals surface area contributed by atoms with E-state index in [4.69, 9.17) is 10.2 Å². The van der Waals surface area contributed by atoms with Gasteiger partial charge in [0.1, 0.15) is 17.9 Å². The van der Waals surface area contributed by atoms with E-state index in [9.17, 15) is 4.39 Å². The standard InChI is InChI=1S/C15H12FN3OS/c16-11-3-1-10(2-4-11)15-19-12(8-20-15)9-21-13-5-6-14(17)18-7-13/h1-8H,9H2,(H2,17,18). The van der Waals surface area contributed by atoms with E-state index in [1.165, 1.54) is 12.1 Å². The van der Waals surface area contributed by atoms with E-state index in [2.05, 4.69) is 9.97 Å². The first-order chi connectivity index (χ1) is 10.2. The molecule has 106 valence electrons. The zero-order valence-electron chi connectivity index (χ0n) is 11.0. The smallest absolute Gasteiger partial charge is 0.226 e. The zero-order valence-corrected chi connectivity index (χ0v) is 11.8. The second-order valence-corrected chi connectivity index (χ2v) is 5.41. The Hall–Kier alpha value is -2.34. The quantitative estimate of drug-likeness (QED) is 0.743. The lowest BCUT2D eigenvalue weighted by atomic mass is 10.2. The van der Waals surface area contributed by atoms with Crippen LogP contribution in [0.5, 0.6) is 0 Å². The zero-order chi connectivity index (χ0) is 14.7. The minimum Gasteiger partial charge on any atom is -0.444 e. The first kappa shape index (κ1) is 13.6. The van der Waals surface area contributed by atoms with E-state index in [1.54, 1.807) is 42.4 Å². The maximum Gasteiger partial charge on any atom is 0.226 e. The average Bonchev–Trinajstić information content (AvgIpc) is 2.96. The molecule has 21 heavy (non-hydrogen) atoms. The van der Waals surface area contributed by atoms with E-state index in [1.807, 2.05) is 6.07 Å². The van der Waals surface area contributed by atoms with Crippen LogP contribution in [0.15, 0.2) is 58.2 Å². The number of nitrogens with zero attached hydrogens (tertiary/aromatic N) is 2. The number of nitrogen functional groups attached to an aromatic ring is 1. The van der Waals surface area contributed by atoms with Crippen molar-refractivity contribution >= 4 is 17.6 Å². The summed E-state index contributed by atoms with van der Waals surface area (Å²) in [6.45, 7) is 0. The van der Waals surface area contributed by atoms with Crippen molar-refractivity contribution in [3.63, 3.8) is 0 Å². The molecule has 0 fully saturated rings. The Morgan fingerprint density at radius 1 is 1.14 bits per heavy atom. The van der Waals surface area contributed by atoms with Crippen LogP contribution in [-0.4, -0.2) is 9.97 Å². The first-order valence-electron chi connectivity index (χ1n) is 6.25. The van der Waals surface area contributed by atoms with Crippen molar-refractivity contribution in [2.75, 3.05) is 5.73 Å². The van der Waals surface area contributed by atoms with Crippen LogP contribution in [0.3, 0.4) is 0 Å². The summed E-state index contributed by atoms with van der Waals surface area (Å²) in [4.78, 5) is 9.43. The van der Waals surface area contributed by atoms with Gasteiger partial charge >= 0.3 is 0 Å². The molecule has 0 atom stereocenters. The highest BCUT2D eigenvalue weighted by atomic mass is 32.2. The molecule has 3 aromatic rings. The normalized spacial score (nSPS) is 10.7. The minimum absolute atomic E-state index is 0.281. The molecule has 0 spiro atoms. The maximum atomic E-state index is 12.9. The molecular formula is C15H12FN3OS. The van der Waals surface area contributed by atoms with Gasteiger partial charge in [-0.05, 0) is 36.4 Å². The van der Waals surface area contributed by atoms with E-state index in [0.717, 1.165) is 16.2 Å². The summed E-state index contributed by atoms with van der Waals surface area (Å²) in [7, 11) is 0.